The highest BCUT2D eigenvalue weighted by molar-refractivity contribution is 8.00. The van der Waals surface area contributed by atoms with Crippen molar-refractivity contribution >= 4 is 35.0 Å². The summed E-state index contributed by atoms with van der Waals surface area (Å²) in [5.41, 5.74) is 3.19. The highest BCUT2D eigenvalue weighted by Crippen LogP contribution is 2.32. The Morgan fingerprint density at radius 1 is 1.21 bits per heavy atom. The van der Waals surface area contributed by atoms with E-state index in [1.807, 2.05) is 58.9 Å². The summed E-state index contributed by atoms with van der Waals surface area (Å²) in [7, 11) is 0. The van der Waals surface area contributed by atoms with Crippen LogP contribution in [0.5, 0.6) is 0 Å². The molecule has 1 unspecified atom stereocenters. The van der Waals surface area contributed by atoms with E-state index in [9.17, 15) is 4.79 Å². The van der Waals surface area contributed by atoms with Gasteiger partial charge in [0, 0.05) is 29.4 Å². The molecule has 1 amide bonds. The van der Waals surface area contributed by atoms with Gasteiger partial charge in [-0.15, -0.1) is 10.2 Å². The topological polar surface area (TPSA) is 51.0 Å². The number of carbonyl (C=O) groups excluding carboxylic acids is 1. The normalized spacial score (nSPS) is 14.5. The third kappa shape index (κ3) is 4.05. The van der Waals surface area contributed by atoms with Crippen molar-refractivity contribution in [2.24, 2.45) is 0 Å². The molecule has 29 heavy (non-hydrogen) atoms. The molecule has 2 heterocycles. The van der Waals surface area contributed by atoms with Crippen LogP contribution in [0.15, 0.2) is 53.7 Å². The molecule has 0 radical (unpaired) electrons. The van der Waals surface area contributed by atoms with Gasteiger partial charge in [0.05, 0.1) is 5.25 Å². The minimum absolute atomic E-state index is 0.108. The van der Waals surface area contributed by atoms with Crippen molar-refractivity contribution in [3.63, 3.8) is 0 Å². The number of fused-ring (bicyclic) bond motifs is 1. The van der Waals surface area contributed by atoms with Crippen LogP contribution in [-0.2, 0) is 17.8 Å². The van der Waals surface area contributed by atoms with Crippen LogP contribution in [0.2, 0.25) is 5.02 Å². The predicted octanol–water partition coefficient (Wildman–Crippen LogP) is 5.08. The van der Waals surface area contributed by atoms with Crippen LogP contribution >= 0.6 is 23.4 Å². The Morgan fingerprint density at radius 3 is 2.83 bits per heavy atom. The van der Waals surface area contributed by atoms with Gasteiger partial charge in [-0.25, -0.2) is 0 Å². The van der Waals surface area contributed by atoms with Crippen molar-refractivity contribution in [2.45, 2.75) is 43.6 Å². The number of aryl methyl sites for hydroxylation is 1. The van der Waals surface area contributed by atoms with Crippen molar-refractivity contribution in [1.29, 1.82) is 0 Å². The summed E-state index contributed by atoms with van der Waals surface area (Å²) in [6, 6.07) is 15.8. The van der Waals surface area contributed by atoms with Crippen LogP contribution in [0.3, 0.4) is 0 Å². The van der Waals surface area contributed by atoms with Gasteiger partial charge in [-0.05, 0) is 50.5 Å². The highest BCUT2D eigenvalue weighted by Gasteiger charge is 2.28. The molecular weight excluding hydrogens is 404 g/mol. The Kier molecular flexibility index (Phi) is 5.92. The number of benzene rings is 2. The van der Waals surface area contributed by atoms with Gasteiger partial charge in [0.15, 0.2) is 11.0 Å². The standard InChI is InChI=1S/C22H23ClN4OS/c1-3-26-20(17-9-6-11-18(23)14-17)24-25-22(26)29-15(2)21(28)27-13-7-10-16-8-4-5-12-19(16)27/h4-6,8-9,11-12,14-15H,3,7,10,13H2,1-2H3. The first-order chi connectivity index (χ1) is 14.1. The van der Waals surface area contributed by atoms with E-state index in [4.69, 9.17) is 11.6 Å². The number of carbonyl (C=O) groups is 1. The summed E-state index contributed by atoms with van der Waals surface area (Å²) in [5.74, 6) is 0.873. The van der Waals surface area contributed by atoms with Crippen LogP contribution in [-0.4, -0.2) is 32.5 Å². The van der Waals surface area contributed by atoms with Gasteiger partial charge in [-0.3, -0.25) is 4.79 Å². The molecule has 3 aromatic rings. The molecule has 1 aliphatic rings. The zero-order valence-corrected chi connectivity index (χ0v) is 18.1. The molecule has 0 saturated carbocycles. The number of anilines is 1. The number of aromatic nitrogens is 3. The minimum Gasteiger partial charge on any atom is -0.311 e. The monoisotopic (exact) mass is 426 g/mol. The van der Waals surface area contributed by atoms with Crippen molar-refractivity contribution in [1.82, 2.24) is 14.8 Å². The molecule has 1 aliphatic heterocycles. The maximum Gasteiger partial charge on any atom is 0.240 e. The zero-order valence-electron chi connectivity index (χ0n) is 16.5. The molecule has 5 nitrogen and oxygen atoms in total. The van der Waals surface area contributed by atoms with Gasteiger partial charge in [0.1, 0.15) is 0 Å². The van der Waals surface area contributed by atoms with Gasteiger partial charge in [-0.2, -0.15) is 0 Å². The first-order valence-corrected chi connectivity index (χ1v) is 11.1. The smallest absolute Gasteiger partial charge is 0.240 e. The van der Waals surface area contributed by atoms with Gasteiger partial charge >= 0.3 is 0 Å². The number of nitrogens with zero attached hydrogens (tertiary/aromatic N) is 4. The molecule has 0 fully saturated rings. The van der Waals surface area contributed by atoms with E-state index in [1.54, 1.807) is 0 Å². The van der Waals surface area contributed by atoms with E-state index in [0.717, 1.165) is 41.6 Å². The lowest BCUT2D eigenvalue weighted by Gasteiger charge is -2.31. The SMILES string of the molecule is CCn1c(SC(C)C(=O)N2CCCc3ccccc32)nnc1-c1cccc(Cl)c1. The third-order valence-corrected chi connectivity index (χ3v) is 6.43. The molecule has 0 saturated heterocycles. The maximum atomic E-state index is 13.2. The van der Waals surface area contributed by atoms with Crippen LogP contribution < -0.4 is 4.90 Å². The number of para-hydroxylation sites is 1. The Bertz CT molecular complexity index is 1040. The number of hydrogen-bond acceptors (Lipinski definition) is 4. The highest BCUT2D eigenvalue weighted by atomic mass is 35.5. The fourth-order valence-electron chi connectivity index (χ4n) is 3.69. The first-order valence-electron chi connectivity index (χ1n) is 9.83. The van der Waals surface area contributed by atoms with E-state index in [1.165, 1.54) is 17.3 Å². The number of rotatable bonds is 5. The summed E-state index contributed by atoms with van der Waals surface area (Å²) in [5, 5.41) is 9.88. The first kappa shape index (κ1) is 20.0. The average Bonchev–Trinajstić information content (AvgIpc) is 3.15. The molecule has 0 bridgehead atoms. The summed E-state index contributed by atoms with van der Waals surface area (Å²) in [6.07, 6.45) is 2.01. The molecule has 0 N–H and O–H groups in total. The molecule has 7 heteroatoms. The second kappa shape index (κ2) is 8.59. The Hall–Kier alpha value is -2.31. The van der Waals surface area contributed by atoms with Gasteiger partial charge in [-0.1, -0.05) is 53.7 Å². The van der Waals surface area contributed by atoms with Crippen LogP contribution in [0.4, 0.5) is 5.69 Å². The summed E-state index contributed by atoms with van der Waals surface area (Å²) in [6.45, 7) is 5.46. The fourth-order valence-corrected chi connectivity index (χ4v) is 4.86. The molecule has 1 atom stereocenters. The lowest BCUT2D eigenvalue weighted by molar-refractivity contribution is -0.117. The Morgan fingerprint density at radius 2 is 2.03 bits per heavy atom. The van der Waals surface area contributed by atoms with E-state index in [-0.39, 0.29) is 11.2 Å². The largest absolute Gasteiger partial charge is 0.311 e. The van der Waals surface area contributed by atoms with Crippen molar-refractivity contribution < 1.29 is 4.79 Å². The third-order valence-electron chi connectivity index (χ3n) is 5.12. The van der Waals surface area contributed by atoms with Crippen molar-refractivity contribution in [2.75, 3.05) is 11.4 Å². The van der Waals surface area contributed by atoms with Gasteiger partial charge in [0.2, 0.25) is 5.91 Å². The quantitative estimate of drug-likeness (QED) is 0.534. The van der Waals surface area contributed by atoms with Crippen LogP contribution in [0.1, 0.15) is 25.8 Å². The lowest BCUT2D eigenvalue weighted by Crippen LogP contribution is -2.40. The summed E-state index contributed by atoms with van der Waals surface area (Å²) < 4.78 is 2.03. The maximum absolute atomic E-state index is 13.2. The van der Waals surface area contributed by atoms with Gasteiger partial charge < -0.3 is 9.47 Å². The number of halogens is 1. The Labute approximate surface area is 180 Å². The molecule has 150 valence electrons. The van der Waals surface area contributed by atoms with Gasteiger partial charge in [0.25, 0.3) is 0 Å². The second-order valence-corrected chi connectivity index (χ2v) is 8.79. The second-order valence-electron chi connectivity index (χ2n) is 7.04. The number of thioether (sulfide) groups is 1. The molecule has 2 aromatic carbocycles. The fraction of sp³-hybridized carbons (Fsp3) is 0.318. The summed E-state index contributed by atoms with van der Waals surface area (Å²) >= 11 is 7.59. The Balaban J connectivity index is 1.56. The van der Waals surface area contributed by atoms with E-state index in [2.05, 4.69) is 23.2 Å². The molecule has 1 aromatic heterocycles. The van der Waals surface area contributed by atoms with E-state index in [0.29, 0.717) is 11.6 Å². The zero-order chi connectivity index (χ0) is 20.4. The van der Waals surface area contributed by atoms with Crippen molar-refractivity contribution in [3.8, 4) is 11.4 Å². The summed E-state index contributed by atoms with van der Waals surface area (Å²) in [4.78, 5) is 15.1. The van der Waals surface area contributed by atoms with Crippen LogP contribution in [0.25, 0.3) is 11.4 Å². The number of hydrogen-bond donors (Lipinski definition) is 0. The molecule has 0 spiro atoms. The van der Waals surface area contributed by atoms with E-state index >= 15 is 0 Å². The molecule has 0 aliphatic carbocycles. The van der Waals surface area contributed by atoms with E-state index < -0.39 is 0 Å². The minimum atomic E-state index is -0.261. The molecular formula is C22H23ClN4OS. The van der Waals surface area contributed by atoms with Crippen LogP contribution in [0, 0.1) is 0 Å². The molecule has 4 rings (SSSR count). The average molecular weight is 427 g/mol. The van der Waals surface area contributed by atoms with Crippen molar-refractivity contribution in [3.05, 3.63) is 59.1 Å². The lowest BCUT2D eigenvalue weighted by atomic mass is 10.0. The predicted molar refractivity (Wildman–Crippen MR) is 119 cm³/mol. The number of amides is 1.